The first-order chi connectivity index (χ1) is 7.62. The molecule has 0 bridgehead atoms. The molecule has 0 saturated heterocycles. The van der Waals surface area contributed by atoms with Crippen molar-refractivity contribution < 1.29 is 19.0 Å². The van der Waals surface area contributed by atoms with E-state index in [2.05, 4.69) is 5.32 Å². The van der Waals surface area contributed by atoms with Crippen LogP contribution in [0.4, 0.5) is 5.69 Å². The van der Waals surface area contributed by atoms with Crippen molar-refractivity contribution in [2.75, 3.05) is 26.6 Å². The molecule has 0 aliphatic carbocycles. The van der Waals surface area contributed by atoms with E-state index in [-0.39, 0.29) is 5.91 Å². The van der Waals surface area contributed by atoms with Gasteiger partial charge in [0.25, 0.3) is 0 Å². The second-order valence-electron chi connectivity index (χ2n) is 3.09. The van der Waals surface area contributed by atoms with E-state index >= 15 is 0 Å². The number of benzene rings is 1. The van der Waals surface area contributed by atoms with Crippen molar-refractivity contribution in [2.45, 2.75) is 6.92 Å². The molecule has 1 aromatic carbocycles. The molecule has 1 N–H and O–H groups in total. The summed E-state index contributed by atoms with van der Waals surface area (Å²) >= 11 is 0. The Balaban J connectivity index is 3.25. The van der Waals surface area contributed by atoms with E-state index in [1.54, 1.807) is 19.2 Å². The number of ether oxygens (including phenoxy) is 3. The maximum Gasteiger partial charge on any atom is 0.221 e. The topological polar surface area (TPSA) is 56.8 Å². The van der Waals surface area contributed by atoms with Crippen molar-refractivity contribution in [2.24, 2.45) is 0 Å². The highest BCUT2D eigenvalue weighted by Crippen LogP contribution is 2.38. The fourth-order valence-electron chi connectivity index (χ4n) is 1.30. The molecule has 0 saturated carbocycles. The summed E-state index contributed by atoms with van der Waals surface area (Å²) in [6.45, 7) is 1.42. The number of hydrogen-bond donors (Lipinski definition) is 1. The van der Waals surface area contributed by atoms with Crippen molar-refractivity contribution in [1.82, 2.24) is 0 Å². The lowest BCUT2D eigenvalue weighted by molar-refractivity contribution is -0.114. The minimum Gasteiger partial charge on any atom is -0.496 e. The van der Waals surface area contributed by atoms with Gasteiger partial charge in [0.05, 0.1) is 21.3 Å². The van der Waals surface area contributed by atoms with Crippen molar-refractivity contribution in [3.63, 3.8) is 0 Å². The monoisotopic (exact) mass is 225 g/mol. The van der Waals surface area contributed by atoms with Gasteiger partial charge >= 0.3 is 0 Å². The van der Waals surface area contributed by atoms with Crippen molar-refractivity contribution in [3.8, 4) is 17.2 Å². The maximum absolute atomic E-state index is 11.1. The first-order valence-corrected chi connectivity index (χ1v) is 4.70. The van der Waals surface area contributed by atoms with Crippen LogP contribution >= 0.6 is 0 Å². The van der Waals surface area contributed by atoms with Crippen LogP contribution in [-0.4, -0.2) is 27.2 Å². The summed E-state index contributed by atoms with van der Waals surface area (Å²) in [7, 11) is 4.57. The number of amides is 1. The standard InChI is InChI=1S/C11H15NO4/c1-7(13)12-11-9(15-3)5-8(14-2)6-10(11)16-4/h5-6H,1-4H3,(H,12,13). The molecular weight excluding hydrogens is 210 g/mol. The lowest BCUT2D eigenvalue weighted by atomic mass is 10.2. The molecular formula is C11H15NO4. The number of rotatable bonds is 4. The molecule has 0 aromatic heterocycles. The van der Waals surface area contributed by atoms with Crippen LogP contribution in [0.3, 0.4) is 0 Å². The van der Waals surface area contributed by atoms with E-state index in [0.717, 1.165) is 0 Å². The lowest BCUT2D eigenvalue weighted by Gasteiger charge is -2.14. The molecule has 88 valence electrons. The summed E-state index contributed by atoms with van der Waals surface area (Å²) in [4.78, 5) is 11.1. The zero-order valence-corrected chi connectivity index (χ0v) is 9.79. The molecule has 0 spiro atoms. The van der Waals surface area contributed by atoms with Crippen LogP contribution in [0.15, 0.2) is 12.1 Å². The first-order valence-electron chi connectivity index (χ1n) is 4.70. The second-order valence-corrected chi connectivity index (χ2v) is 3.09. The molecule has 1 amide bonds. The molecule has 0 heterocycles. The van der Waals surface area contributed by atoms with Crippen LogP contribution < -0.4 is 19.5 Å². The quantitative estimate of drug-likeness (QED) is 0.846. The number of carbonyl (C=O) groups excluding carboxylic acids is 1. The highest BCUT2D eigenvalue weighted by Gasteiger charge is 2.13. The zero-order chi connectivity index (χ0) is 12.1. The van der Waals surface area contributed by atoms with Gasteiger partial charge in [0.2, 0.25) is 5.91 Å². The molecule has 0 atom stereocenters. The Morgan fingerprint density at radius 1 is 1.06 bits per heavy atom. The Morgan fingerprint density at radius 2 is 1.56 bits per heavy atom. The van der Waals surface area contributed by atoms with Gasteiger partial charge in [-0.25, -0.2) is 0 Å². The van der Waals surface area contributed by atoms with E-state index in [9.17, 15) is 4.79 Å². The Morgan fingerprint density at radius 3 is 1.88 bits per heavy atom. The molecule has 16 heavy (non-hydrogen) atoms. The van der Waals surface area contributed by atoms with Gasteiger partial charge in [-0.05, 0) is 0 Å². The molecule has 5 heteroatoms. The normalized spacial score (nSPS) is 9.50. The number of hydrogen-bond acceptors (Lipinski definition) is 4. The predicted octanol–water partition coefficient (Wildman–Crippen LogP) is 1.67. The van der Waals surface area contributed by atoms with Crippen LogP contribution in [0.5, 0.6) is 17.2 Å². The highest BCUT2D eigenvalue weighted by atomic mass is 16.5. The van der Waals surface area contributed by atoms with Gasteiger partial charge in [-0.3, -0.25) is 4.79 Å². The summed E-state index contributed by atoms with van der Waals surface area (Å²) < 4.78 is 15.4. The van der Waals surface area contributed by atoms with Crippen LogP contribution in [-0.2, 0) is 4.79 Å². The minimum absolute atomic E-state index is 0.193. The lowest BCUT2D eigenvalue weighted by Crippen LogP contribution is -2.08. The third kappa shape index (κ3) is 2.56. The fraction of sp³-hybridized carbons (Fsp3) is 0.364. The average Bonchev–Trinajstić information content (AvgIpc) is 2.28. The summed E-state index contributed by atoms with van der Waals surface area (Å²) in [5.41, 5.74) is 0.498. The van der Waals surface area contributed by atoms with Gasteiger partial charge in [-0.1, -0.05) is 0 Å². The first kappa shape index (κ1) is 12.2. The molecule has 0 unspecified atom stereocenters. The molecule has 5 nitrogen and oxygen atoms in total. The van der Waals surface area contributed by atoms with Crippen LogP contribution in [0.2, 0.25) is 0 Å². The minimum atomic E-state index is -0.193. The molecule has 0 radical (unpaired) electrons. The van der Waals surface area contributed by atoms with Crippen molar-refractivity contribution in [1.29, 1.82) is 0 Å². The summed E-state index contributed by atoms with van der Waals surface area (Å²) in [5.74, 6) is 1.39. The van der Waals surface area contributed by atoms with Crippen LogP contribution in [0.25, 0.3) is 0 Å². The third-order valence-electron chi connectivity index (χ3n) is 2.02. The van der Waals surface area contributed by atoms with Gasteiger partial charge in [0, 0.05) is 19.1 Å². The smallest absolute Gasteiger partial charge is 0.221 e. The van der Waals surface area contributed by atoms with E-state index in [1.807, 2.05) is 0 Å². The van der Waals surface area contributed by atoms with E-state index in [1.165, 1.54) is 21.1 Å². The Bertz CT molecular complexity index is 365. The van der Waals surface area contributed by atoms with Gasteiger partial charge < -0.3 is 19.5 Å². The third-order valence-corrected chi connectivity index (χ3v) is 2.02. The fourth-order valence-corrected chi connectivity index (χ4v) is 1.30. The maximum atomic E-state index is 11.1. The van der Waals surface area contributed by atoms with Gasteiger partial charge in [-0.2, -0.15) is 0 Å². The SMILES string of the molecule is COc1cc(OC)c(NC(C)=O)c(OC)c1. The van der Waals surface area contributed by atoms with Crippen molar-refractivity contribution >= 4 is 11.6 Å². The summed E-state index contributed by atoms with van der Waals surface area (Å²) in [5, 5.41) is 2.65. The molecule has 0 aliphatic rings. The Kier molecular flexibility index (Phi) is 3.99. The number of methoxy groups -OCH3 is 3. The number of carbonyl (C=O) groups is 1. The Hall–Kier alpha value is -1.91. The van der Waals surface area contributed by atoms with Gasteiger partial charge in [-0.15, -0.1) is 0 Å². The van der Waals surface area contributed by atoms with Gasteiger partial charge in [0.1, 0.15) is 22.9 Å². The van der Waals surface area contributed by atoms with Gasteiger partial charge in [0.15, 0.2) is 0 Å². The zero-order valence-electron chi connectivity index (χ0n) is 9.79. The van der Waals surface area contributed by atoms with Crippen LogP contribution in [0, 0.1) is 0 Å². The predicted molar refractivity (Wildman–Crippen MR) is 60.4 cm³/mol. The Labute approximate surface area is 94.3 Å². The van der Waals surface area contributed by atoms with E-state index in [4.69, 9.17) is 14.2 Å². The molecule has 0 aliphatic heterocycles. The second kappa shape index (κ2) is 5.25. The van der Waals surface area contributed by atoms with Crippen molar-refractivity contribution in [3.05, 3.63) is 12.1 Å². The number of nitrogens with one attached hydrogen (secondary N) is 1. The summed E-state index contributed by atoms with van der Waals surface area (Å²) in [6, 6.07) is 3.35. The van der Waals surface area contributed by atoms with E-state index in [0.29, 0.717) is 22.9 Å². The van der Waals surface area contributed by atoms with E-state index < -0.39 is 0 Å². The number of anilines is 1. The summed E-state index contributed by atoms with van der Waals surface area (Å²) in [6.07, 6.45) is 0. The molecule has 0 fully saturated rings. The highest BCUT2D eigenvalue weighted by molar-refractivity contribution is 5.92. The van der Waals surface area contributed by atoms with Crippen LogP contribution in [0.1, 0.15) is 6.92 Å². The largest absolute Gasteiger partial charge is 0.496 e. The molecule has 1 rings (SSSR count). The average molecular weight is 225 g/mol. The molecule has 1 aromatic rings.